The number of aliphatic imine (C=N–C) groups is 1. The molecule has 1 aromatic rings. The fraction of sp³-hybridized carbons (Fsp3) is 0.389. The first-order valence-corrected chi connectivity index (χ1v) is 7.54. The Hall–Kier alpha value is -1.71. The molecule has 0 heterocycles. The van der Waals surface area contributed by atoms with E-state index >= 15 is 0 Å². The molecule has 0 spiro atoms. The summed E-state index contributed by atoms with van der Waals surface area (Å²) in [7, 11) is 0. The first-order chi connectivity index (χ1) is 10.3. The monoisotopic (exact) mass is 285 g/mol. The van der Waals surface area contributed by atoms with Gasteiger partial charge in [0.05, 0.1) is 12.3 Å². The lowest BCUT2D eigenvalue weighted by molar-refractivity contribution is -0.200. The molecule has 0 amide bonds. The van der Waals surface area contributed by atoms with Crippen LogP contribution in [0.5, 0.6) is 0 Å². The van der Waals surface area contributed by atoms with Crippen LogP contribution in [0.2, 0.25) is 0 Å². The van der Waals surface area contributed by atoms with Gasteiger partial charge in [-0.15, -0.1) is 0 Å². The minimum absolute atomic E-state index is 0.615. The van der Waals surface area contributed by atoms with Crippen molar-refractivity contribution in [2.45, 2.75) is 32.5 Å². The number of allylic oxidation sites excluding steroid dienone is 1. The summed E-state index contributed by atoms with van der Waals surface area (Å²) in [6, 6.07) is 10.1. The van der Waals surface area contributed by atoms with Gasteiger partial charge in [-0.2, -0.15) is 0 Å². The maximum absolute atomic E-state index is 5.87. The summed E-state index contributed by atoms with van der Waals surface area (Å²) in [5.74, 6) is -0.615. The van der Waals surface area contributed by atoms with Gasteiger partial charge in [0.15, 0.2) is 5.79 Å². The molecule has 0 saturated carbocycles. The van der Waals surface area contributed by atoms with Gasteiger partial charge in [0, 0.05) is 19.2 Å². The molecule has 0 bridgehead atoms. The van der Waals surface area contributed by atoms with Crippen LogP contribution >= 0.6 is 0 Å². The number of ether oxygens (including phenoxy) is 2. The first kappa shape index (κ1) is 15.7. The van der Waals surface area contributed by atoms with Crippen LogP contribution < -0.4 is 0 Å². The largest absolute Gasteiger partial charge is 0.346 e. The van der Waals surface area contributed by atoms with E-state index in [4.69, 9.17) is 9.47 Å². The lowest BCUT2D eigenvalue weighted by Gasteiger charge is -2.31. The molecule has 1 atom stereocenters. The van der Waals surface area contributed by atoms with Crippen LogP contribution in [0.3, 0.4) is 0 Å². The average molecular weight is 285 g/mol. The molecule has 0 radical (unpaired) electrons. The third kappa shape index (κ3) is 4.66. The summed E-state index contributed by atoms with van der Waals surface area (Å²) in [6.07, 6.45) is 9.55. The van der Waals surface area contributed by atoms with Crippen LogP contribution in [0.4, 0.5) is 0 Å². The highest BCUT2D eigenvalue weighted by Crippen LogP contribution is 2.27. The van der Waals surface area contributed by atoms with E-state index < -0.39 is 5.79 Å². The molecule has 0 fully saturated rings. The molecule has 3 heteroatoms. The van der Waals surface area contributed by atoms with Gasteiger partial charge in [-0.1, -0.05) is 43.3 Å². The van der Waals surface area contributed by atoms with E-state index in [0.717, 1.165) is 17.7 Å². The Labute approximate surface area is 127 Å². The van der Waals surface area contributed by atoms with Crippen molar-refractivity contribution in [3.63, 3.8) is 0 Å². The summed E-state index contributed by atoms with van der Waals surface area (Å²) in [4.78, 5) is 4.50. The Kier molecular flexibility index (Phi) is 5.90. The molecular weight excluding hydrogens is 262 g/mol. The molecule has 1 unspecified atom stereocenters. The molecule has 0 saturated heterocycles. The summed E-state index contributed by atoms with van der Waals surface area (Å²) in [6.45, 7) is 5.40. The fourth-order valence-corrected chi connectivity index (χ4v) is 2.15. The zero-order valence-electron chi connectivity index (χ0n) is 12.8. The maximum Gasteiger partial charge on any atom is 0.191 e. The Morgan fingerprint density at radius 3 is 2.62 bits per heavy atom. The molecule has 21 heavy (non-hydrogen) atoms. The lowest BCUT2D eigenvalue weighted by atomic mass is 10.1. The first-order valence-electron chi connectivity index (χ1n) is 7.54. The Balaban J connectivity index is 2.00. The normalized spacial score (nSPS) is 21.7. The Morgan fingerprint density at radius 2 is 2.00 bits per heavy atom. The molecule has 0 N–H and O–H groups in total. The van der Waals surface area contributed by atoms with E-state index in [1.165, 1.54) is 0 Å². The van der Waals surface area contributed by atoms with Gasteiger partial charge in [-0.3, -0.25) is 4.99 Å². The third-order valence-electron chi connectivity index (χ3n) is 3.21. The second kappa shape index (κ2) is 7.91. The molecule has 1 aliphatic rings. The lowest BCUT2D eigenvalue weighted by Crippen LogP contribution is -2.35. The van der Waals surface area contributed by atoms with Crippen LogP contribution in [0.1, 0.15) is 32.3 Å². The van der Waals surface area contributed by atoms with E-state index in [-0.39, 0.29) is 0 Å². The van der Waals surface area contributed by atoms with Crippen LogP contribution in [-0.4, -0.2) is 25.2 Å². The minimum Gasteiger partial charge on any atom is -0.346 e. The summed E-state index contributed by atoms with van der Waals surface area (Å²) < 4.78 is 11.6. The summed E-state index contributed by atoms with van der Waals surface area (Å²) >= 11 is 0. The highest BCUT2D eigenvalue weighted by atomic mass is 16.7. The zero-order chi connectivity index (χ0) is 15.0. The Morgan fingerprint density at radius 1 is 1.19 bits per heavy atom. The second-order valence-electron chi connectivity index (χ2n) is 4.93. The van der Waals surface area contributed by atoms with E-state index in [9.17, 15) is 0 Å². The van der Waals surface area contributed by atoms with Gasteiger partial charge in [-0.25, -0.2) is 0 Å². The SMILES string of the molecule is CCCOC1(OCC)C=CC(N=Cc2ccccc2)=CC1. The highest BCUT2D eigenvalue weighted by molar-refractivity contribution is 5.80. The van der Waals surface area contributed by atoms with Crippen LogP contribution in [-0.2, 0) is 9.47 Å². The smallest absolute Gasteiger partial charge is 0.191 e. The summed E-state index contributed by atoms with van der Waals surface area (Å²) in [5, 5.41) is 0. The molecular formula is C18H23NO2. The van der Waals surface area contributed by atoms with Crippen LogP contribution in [0, 0.1) is 0 Å². The predicted octanol–water partition coefficient (Wildman–Crippen LogP) is 4.11. The van der Waals surface area contributed by atoms with Gasteiger partial charge >= 0.3 is 0 Å². The van der Waals surface area contributed by atoms with Gasteiger partial charge in [-0.05, 0) is 31.1 Å². The average Bonchev–Trinajstić information content (AvgIpc) is 2.54. The number of nitrogens with zero attached hydrogens (tertiary/aromatic N) is 1. The summed E-state index contributed by atoms with van der Waals surface area (Å²) in [5.41, 5.74) is 2.03. The topological polar surface area (TPSA) is 30.8 Å². The van der Waals surface area contributed by atoms with Gasteiger partial charge in [0.1, 0.15) is 0 Å². The van der Waals surface area contributed by atoms with Crippen molar-refractivity contribution in [1.82, 2.24) is 0 Å². The number of hydrogen-bond acceptors (Lipinski definition) is 3. The molecule has 0 aromatic heterocycles. The zero-order valence-corrected chi connectivity index (χ0v) is 12.8. The van der Waals surface area contributed by atoms with E-state index in [0.29, 0.717) is 19.6 Å². The van der Waals surface area contributed by atoms with Crippen molar-refractivity contribution < 1.29 is 9.47 Å². The second-order valence-corrected chi connectivity index (χ2v) is 4.93. The van der Waals surface area contributed by atoms with Crippen molar-refractivity contribution in [1.29, 1.82) is 0 Å². The molecule has 3 nitrogen and oxygen atoms in total. The van der Waals surface area contributed by atoms with Crippen molar-refractivity contribution in [2.24, 2.45) is 4.99 Å². The molecule has 1 aliphatic carbocycles. The number of rotatable bonds is 7. The van der Waals surface area contributed by atoms with Crippen molar-refractivity contribution in [3.05, 3.63) is 59.8 Å². The molecule has 0 aliphatic heterocycles. The van der Waals surface area contributed by atoms with Crippen LogP contribution in [0.15, 0.2) is 59.2 Å². The number of hydrogen-bond donors (Lipinski definition) is 0. The third-order valence-corrected chi connectivity index (χ3v) is 3.21. The highest BCUT2D eigenvalue weighted by Gasteiger charge is 2.29. The molecule has 2 rings (SSSR count). The quantitative estimate of drug-likeness (QED) is 0.557. The van der Waals surface area contributed by atoms with Gasteiger partial charge in [0.25, 0.3) is 0 Å². The fourth-order valence-electron chi connectivity index (χ4n) is 2.15. The molecule has 1 aromatic carbocycles. The van der Waals surface area contributed by atoms with E-state index in [1.54, 1.807) is 0 Å². The maximum atomic E-state index is 5.87. The van der Waals surface area contributed by atoms with Gasteiger partial charge in [0.2, 0.25) is 0 Å². The minimum atomic E-state index is -0.615. The van der Waals surface area contributed by atoms with E-state index in [2.05, 4.69) is 18.0 Å². The number of benzene rings is 1. The van der Waals surface area contributed by atoms with Crippen molar-refractivity contribution in [2.75, 3.05) is 13.2 Å². The van der Waals surface area contributed by atoms with Gasteiger partial charge < -0.3 is 9.47 Å². The Bertz CT molecular complexity index is 519. The standard InChI is InChI=1S/C18H23NO2/c1-3-14-21-18(20-4-2)12-10-17(11-13-18)19-15-16-8-6-5-7-9-16/h5-12,15H,3-4,13-14H2,1-2H3. The van der Waals surface area contributed by atoms with Crippen molar-refractivity contribution >= 4 is 6.21 Å². The van der Waals surface area contributed by atoms with Crippen LogP contribution in [0.25, 0.3) is 0 Å². The van der Waals surface area contributed by atoms with Crippen molar-refractivity contribution in [3.8, 4) is 0 Å². The molecule has 112 valence electrons. The predicted molar refractivity (Wildman–Crippen MR) is 86.5 cm³/mol. The van der Waals surface area contributed by atoms with E-state index in [1.807, 2.05) is 55.6 Å².